The van der Waals surface area contributed by atoms with Crippen LogP contribution in [0, 0.1) is 0 Å². The number of allylic oxidation sites excluding steroid dienone is 1. The number of pyridine rings is 1. The standard InChI is InChI=1S/C22H28N8/c1-2-3-18(19-9-20(24)27-22-21(19)28-30-29-22)17(10-23)13-26-11-14-4-5-16-12-25-7-6-15(16)8-14/h4-5,8-10,13,18,25H,2-3,6-7,11-12,23H2,1H3,(H3,24,27,28,29,30). The molecule has 156 valence electrons. The average Bonchev–Trinajstić information content (AvgIpc) is 3.23. The first kappa shape index (κ1) is 20.0. The number of H-pyrrole nitrogens is 1. The average molecular weight is 405 g/mol. The summed E-state index contributed by atoms with van der Waals surface area (Å²) in [4.78, 5) is 8.95. The number of hydrogen-bond donors (Lipinski definition) is 4. The molecule has 0 fully saturated rings. The number of fused-ring (bicyclic) bond motifs is 2. The van der Waals surface area contributed by atoms with Crippen LogP contribution < -0.4 is 16.8 Å². The molecule has 0 saturated heterocycles. The third-order valence-corrected chi connectivity index (χ3v) is 5.56. The predicted molar refractivity (Wildman–Crippen MR) is 120 cm³/mol. The molecule has 0 radical (unpaired) electrons. The number of nitrogens with two attached hydrogens (primary N) is 2. The van der Waals surface area contributed by atoms with Gasteiger partial charge in [-0.1, -0.05) is 31.5 Å². The Hall–Kier alpha value is -3.26. The van der Waals surface area contributed by atoms with E-state index >= 15 is 0 Å². The second kappa shape index (κ2) is 9.04. The number of aromatic amines is 1. The zero-order chi connectivity index (χ0) is 20.9. The maximum atomic E-state index is 6.02. The van der Waals surface area contributed by atoms with E-state index in [1.165, 1.54) is 16.7 Å². The van der Waals surface area contributed by atoms with Crippen molar-refractivity contribution in [1.82, 2.24) is 25.7 Å². The Morgan fingerprint density at radius 1 is 1.27 bits per heavy atom. The van der Waals surface area contributed by atoms with Gasteiger partial charge in [-0.15, -0.1) is 5.10 Å². The highest BCUT2D eigenvalue weighted by Crippen LogP contribution is 2.32. The summed E-state index contributed by atoms with van der Waals surface area (Å²) in [6, 6.07) is 8.49. The first-order valence-corrected chi connectivity index (χ1v) is 10.4. The molecule has 0 amide bonds. The minimum absolute atomic E-state index is 0.0243. The molecule has 6 N–H and O–H groups in total. The molecule has 1 unspecified atom stereocenters. The smallest absolute Gasteiger partial charge is 0.203 e. The lowest BCUT2D eigenvalue weighted by atomic mass is 9.88. The van der Waals surface area contributed by atoms with Crippen LogP contribution in [-0.4, -0.2) is 33.2 Å². The number of nitrogen functional groups attached to an aromatic ring is 1. The first-order valence-electron chi connectivity index (χ1n) is 10.4. The van der Waals surface area contributed by atoms with Crippen LogP contribution in [0.1, 0.15) is 47.9 Å². The normalized spacial score (nSPS) is 15.6. The zero-order valence-corrected chi connectivity index (χ0v) is 17.2. The molecule has 0 spiro atoms. The van der Waals surface area contributed by atoms with Crippen LogP contribution in [0.2, 0.25) is 0 Å². The van der Waals surface area contributed by atoms with E-state index in [-0.39, 0.29) is 5.92 Å². The third-order valence-electron chi connectivity index (χ3n) is 5.56. The number of rotatable bonds is 7. The van der Waals surface area contributed by atoms with Gasteiger partial charge in [-0.2, -0.15) is 10.3 Å². The highest BCUT2D eigenvalue weighted by atomic mass is 15.3. The van der Waals surface area contributed by atoms with Gasteiger partial charge in [0.25, 0.3) is 0 Å². The lowest BCUT2D eigenvalue weighted by molar-refractivity contribution is 0.643. The van der Waals surface area contributed by atoms with E-state index < -0.39 is 0 Å². The number of hydrogen-bond acceptors (Lipinski definition) is 7. The monoisotopic (exact) mass is 404 g/mol. The molecule has 8 heteroatoms. The van der Waals surface area contributed by atoms with Crippen molar-refractivity contribution in [2.45, 2.75) is 45.2 Å². The Morgan fingerprint density at radius 3 is 3.00 bits per heavy atom. The molecule has 1 aliphatic rings. The highest BCUT2D eigenvalue weighted by Gasteiger charge is 2.20. The molecule has 0 bridgehead atoms. The summed E-state index contributed by atoms with van der Waals surface area (Å²) in [6.07, 6.45) is 6.45. The van der Waals surface area contributed by atoms with E-state index in [1.54, 1.807) is 6.20 Å². The fourth-order valence-electron chi connectivity index (χ4n) is 4.07. The van der Waals surface area contributed by atoms with Crippen LogP contribution in [-0.2, 0) is 19.5 Å². The van der Waals surface area contributed by atoms with E-state index in [9.17, 15) is 0 Å². The second-order valence-electron chi connectivity index (χ2n) is 7.64. The maximum Gasteiger partial charge on any atom is 0.203 e. The third kappa shape index (κ3) is 4.18. The van der Waals surface area contributed by atoms with Crippen molar-refractivity contribution in [3.63, 3.8) is 0 Å². The number of benzene rings is 1. The van der Waals surface area contributed by atoms with Gasteiger partial charge >= 0.3 is 0 Å². The van der Waals surface area contributed by atoms with Gasteiger partial charge in [0.15, 0.2) is 0 Å². The van der Waals surface area contributed by atoms with Crippen molar-refractivity contribution in [2.24, 2.45) is 10.7 Å². The minimum atomic E-state index is 0.0243. The Balaban J connectivity index is 1.57. The number of aliphatic imine (C=N–C) groups is 1. The van der Waals surface area contributed by atoms with Crippen molar-refractivity contribution >= 4 is 23.2 Å². The largest absolute Gasteiger partial charge is 0.404 e. The lowest BCUT2D eigenvalue weighted by Crippen LogP contribution is -2.23. The van der Waals surface area contributed by atoms with Gasteiger partial charge in [-0.25, -0.2) is 4.98 Å². The first-order chi connectivity index (χ1) is 14.7. The van der Waals surface area contributed by atoms with Gasteiger partial charge in [-0.3, -0.25) is 4.99 Å². The van der Waals surface area contributed by atoms with Crippen molar-refractivity contribution in [3.05, 3.63) is 58.3 Å². The Morgan fingerprint density at radius 2 is 2.17 bits per heavy atom. The summed E-state index contributed by atoms with van der Waals surface area (Å²) < 4.78 is 0. The molecule has 3 heterocycles. The van der Waals surface area contributed by atoms with Crippen molar-refractivity contribution < 1.29 is 0 Å². The lowest BCUT2D eigenvalue weighted by Gasteiger charge is -2.18. The second-order valence-corrected chi connectivity index (χ2v) is 7.64. The molecule has 2 aromatic heterocycles. The molecular weight excluding hydrogens is 376 g/mol. The topological polar surface area (TPSA) is 131 Å². The van der Waals surface area contributed by atoms with Gasteiger partial charge < -0.3 is 16.8 Å². The Bertz CT molecular complexity index is 1080. The summed E-state index contributed by atoms with van der Waals surface area (Å²) in [5, 5.41) is 14.4. The van der Waals surface area contributed by atoms with E-state index in [1.807, 2.05) is 12.3 Å². The Kier molecular flexibility index (Phi) is 6.04. The summed E-state index contributed by atoms with van der Waals surface area (Å²) in [5.41, 5.74) is 19.2. The van der Waals surface area contributed by atoms with Crippen LogP contribution in [0.5, 0.6) is 0 Å². The van der Waals surface area contributed by atoms with E-state index in [2.05, 4.69) is 50.8 Å². The summed E-state index contributed by atoms with van der Waals surface area (Å²) in [5.74, 6) is 0.445. The van der Waals surface area contributed by atoms with Gasteiger partial charge in [0, 0.05) is 18.7 Å². The van der Waals surface area contributed by atoms with Gasteiger partial charge in [-0.05, 0) is 59.5 Å². The molecule has 1 aliphatic heterocycles. The molecule has 30 heavy (non-hydrogen) atoms. The maximum absolute atomic E-state index is 6.02. The van der Waals surface area contributed by atoms with Gasteiger partial charge in [0.05, 0.1) is 6.54 Å². The molecule has 3 aromatic rings. The number of nitrogens with zero attached hydrogens (tertiary/aromatic N) is 4. The van der Waals surface area contributed by atoms with Crippen LogP contribution in [0.25, 0.3) is 11.2 Å². The Labute approximate surface area is 175 Å². The van der Waals surface area contributed by atoms with Crippen molar-refractivity contribution in [3.8, 4) is 0 Å². The SMILES string of the molecule is CCCC(C(C=NCc1ccc2c(c1)CCNC2)=CN)c1cc(N)nc2n[nH]nc12. The molecule has 8 nitrogen and oxygen atoms in total. The van der Waals surface area contributed by atoms with Crippen LogP contribution in [0.4, 0.5) is 5.82 Å². The van der Waals surface area contributed by atoms with E-state index in [4.69, 9.17) is 16.5 Å². The van der Waals surface area contributed by atoms with Gasteiger partial charge in [0.2, 0.25) is 5.65 Å². The summed E-state index contributed by atoms with van der Waals surface area (Å²) in [7, 11) is 0. The molecule has 0 aliphatic carbocycles. The van der Waals surface area contributed by atoms with Crippen molar-refractivity contribution in [2.75, 3.05) is 12.3 Å². The minimum Gasteiger partial charge on any atom is -0.404 e. The fourth-order valence-corrected chi connectivity index (χ4v) is 4.07. The molecular formula is C22H28N8. The molecule has 0 saturated carbocycles. The van der Waals surface area contributed by atoms with E-state index in [0.717, 1.165) is 49.0 Å². The van der Waals surface area contributed by atoms with Crippen LogP contribution in [0.15, 0.2) is 41.0 Å². The predicted octanol–water partition coefficient (Wildman–Crippen LogP) is 2.58. The van der Waals surface area contributed by atoms with Crippen molar-refractivity contribution in [1.29, 1.82) is 0 Å². The number of nitrogens with one attached hydrogen (secondary N) is 2. The molecule has 1 aromatic carbocycles. The quantitative estimate of drug-likeness (QED) is 0.448. The summed E-state index contributed by atoms with van der Waals surface area (Å²) in [6.45, 7) is 4.74. The number of anilines is 1. The van der Waals surface area contributed by atoms with Gasteiger partial charge in [0.1, 0.15) is 11.3 Å². The molecule has 4 rings (SSSR count). The van der Waals surface area contributed by atoms with Crippen LogP contribution in [0.3, 0.4) is 0 Å². The zero-order valence-electron chi connectivity index (χ0n) is 17.2. The van der Waals surface area contributed by atoms with Crippen LogP contribution >= 0.6 is 0 Å². The summed E-state index contributed by atoms with van der Waals surface area (Å²) >= 11 is 0. The number of aromatic nitrogens is 4. The highest BCUT2D eigenvalue weighted by molar-refractivity contribution is 5.84. The fraction of sp³-hybridized carbons (Fsp3) is 0.364. The molecule has 1 atom stereocenters. The van der Waals surface area contributed by atoms with E-state index in [0.29, 0.717) is 18.0 Å².